The van der Waals surface area contributed by atoms with Gasteiger partial charge in [-0.2, -0.15) is 10.4 Å². The molecule has 0 radical (unpaired) electrons. The van der Waals surface area contributed by atoms with Crippen LogP contribution in [0.25, 0.3) is 11.0 Å². The summed E-state index contributed by atoms with van der Waals surface area (Å²) in [5.41, 5.74) is 0.744. The monoisotopic (exact) mass is 457 g/mol. The quantitative estimate of drug-likeness (QED) is 0.483. The highest BCUT2D eigenvalue weighted by molar-refractivity contribution is 5.80. The van der Waals surface area contributed by atoms with Gasteiger partial charge in [0.15, 0.2) is 17.2 Å². The third-order valence-corrected chi connectivity index (χ3v) is 6.77. The van der Waals surface area contributed by atoms with Gasteiger partial charge in [0.05, 0.1) is 18.4 Å². The van der Waals surface area contributed by atoms with Crippen LogP contribution < -0.4 is 5.56 Å². The van der Waals surface area contributed by atoms with Gasteiger partial charge in [0.1, 0.15) is 28.9 Å². The Balaban J connectivity index is 1.40. The highest BCUT2D eigenvalue weighted by Crippen LogP contribution is 2.46. The molecule has 2 saturated carbocycles. The van der Waals surface area contributed by atoms with Crippen molar-refractivity contribution < 1.29 is 4.39 Å². The van der Waals surface area contributed by atoms with Crippen molar-refractivity contribution in [1.29, 1.82) is 5.26 Å². The summed E-state index contributed by atoms with van der Waals surface area (Å²) in [5, 5.41) is 14.2. The lowest BCUT2D eigenvalue weighted by Gasteiger charge is -2.34. The van der Waals surface area contributed by atoms with E-state index in [-0.39, 0.29) is 29.0 Å². The van der Waals surface area contributed by atoms with Gasteiger partial charge in [-0.15, -0.1) is 0 Å². The fourth-order valence-electron chi connectivity index (χ4n) is 4.49. The Kier molecular flexibility index (Phi) is 4.69. The number of hydrogen-bond acceptors (Lipinski definition) is 8. The van der Waals surface area contributed by atoms with Gasteiger partial charge in [0, 0.05) is 35.7 Å². The lowest BCUT2D eigenvalue weighted by Crippen LogP contribution is -2.28. The summed E-state index contributed by atoms with van der Waals surface area (Å²) >= 11 is 0. The fraction of sp³-hybridized carbons (Fsp3) is 0.391. The molecule has 6 rings (SSSR count). The predicted octanol–water partition coefficient (Wildman–Crippen LogP) is 2.86. The van der Waals surface area contributed by atoms with Crippen molar-refractivity contribution in [3.05, 3.63) is 69.7 Å². The minimum absolute atomic E-state index is 0.0182. The van der Waals surface area contributed by atoms with Gasteiger partial charge in [-0.1, -0.05) is 0 Å². The molecule has 4 aromatic rings. The minimum atomic E-state index is -0.497. The van der Waals surface area contributed by atoms with Crippen molar-refractivity contribution >= 4 is 11.0 Å². The van der Waals surface area contributed by atoms with Crippen molar-refractivity contribution in [2.75, 3.05) is 0 Å². The summed E-state index contributed by atoms with van der Waals surface area (Å²) in [4.78, 5) is 37.8. The molecule has 2 fully saturated rings. The van der Waals surface area contributed by atoms with E-state index < -0.39 is 11.4 Å². The van der Waals surface area contributed by atoms with Gasteiger partial charge >= 0.3 is 0 Å². The summed E-state index contributed by atoms with van der Waals surface area (Å²) in [6.45, 7) is 1.91. The van der Waals surface area contributed by atoms with Gasteiger partial charge in [0.25, 0.3) is 5.56 Å². The average Bonchev–Trinajstić information content (AvgIpc) is 3.60. The number of nitriles is 1. The standard InChI is InChI=1S/C23H20FN9O/c1-11(13-7-26-19(27-8-13)12-2-3-12)33-22-18(17(6-25)32-33)23(34)31-21(30-22)16-5-4-15(16)20-28-9-14(24)10-29-20/h7-12,15-16H,2-5H2,1H3,(H,30,31,34)/t11-,15+,16+/m1/s1. The SMILES string of the molecule is C[C@H](c1cnc(C2CC2)nc1)n1nc(C#N)c2c(=O)[nH]c([C@H]3CC[C@@H]3c3ncc(F)cn3)nc21. The van der Waals surface area contributed by atoms with Crippen molar-refractivity contribution in [1.82, 2.24) is 39.7 Å². The molecule has 2 aliphatic rings. The molecule has 2 aliphatic carbocycles. The first-order valence-corrected chi connectivity index (χ1v) is 11.2. The molecule has 11 heteroatoms. The smallest absolute Gasteiger partial charge is 0.263 e. The van der Waals surface area contributed by atoms with Crippen LogP contribution in [0.15, 0.2) is 29.6 Å². The molecule has 0 aliphatic heterocycles. The second-order valence-corrected chi connectivity index (χ2v) is 8.93. The molecule has 3 atom stereocenters. The zero-order valence-electron chi connectivity index (χ0n) is 18.3. The highest BCUT2D eigenvalue weighted by atomic mass is 19.1. The van der Waals surface area contributed by atoms with E-state index in [1.807, 2.05) is 13.0 Å². The van der Waals surface area contributed by atoms with E-state index in [4.69, 9.17) is 4.98 Å². The minimum Gasteiger partial charge on any atom is -0.310 e. The zero-order chi connectivity index (χ0) is 23.4. The van der Waals surface area contributed by atoms with Crippen LogP contribution in [0, 0.1) is 17.1 Å². The predicted molar refractivity (Wildman–Crippen MR) is 117 cm³/mol. The molecule has 10 nitrogen and oxygen atoms in total. The lowest BCUT2D eigenvalue weighted by atomic mass is 9.72. The molecule has 1 N–H and O–H groups in total. The Morgan fingerprint density at radius 2 is 1.74 bits per heavy atom. The number of rotatable bonds is 5. The van der Waals surface area contributed by atoms with Crippen LogP contribution in [0.4, 0.5) is 4.39 Å². The van der Waals surface area contributed by atoms with Crippen molar-refractivity contribution in [3.8, 4) is 6.07 Å². The Bertz CT molecular complexity index is 1480. The summed E-state index contributed by atoms with van der Waals surface area (Å²) < 4.78 is 14.8. The van der Waals surface area contributed by atoms with E-state index >= 15 is 0 Å². The maximum Gasteiger partial charge on any atom is 0.263 e. The summed E-state index contributed by atoms with van der Waals surface area (Å²) in [7, 11) is 0. The molecule has 34 heavy (non-hydrogen) atoms. The molecule has 0 amide bonds. The normalized spacial score (nSPS) is 20.6. The van der Waals surface area contributed by atoms with Crippen LogP contribution >= 0.6 is 0 Å². The van der Waals surface area contributed by atoms with E-state index in [2.05, 4.69) is 30.0 Å². The first-order valence-electron chi connectivity index (χ1n) is 11.2. The molecule has 0 aromatic carbocycles. The number of hydrogen-bond donors (Lipinski definition) is 1. The largest absolute Gasteiger partial charge is 0.310 e. The molecular weight excluding hydrogens is 437 g/mol. The number of nitrogens with one attached hydrogen (secondary N) is 1. The fourth-order valence-corrected chi connectivity index (χ4v) is 4.49. The van der Waals surface area contributed by atoms with Gasteiger partial charge in [-0.05, 0) is 32.6 Å². The second-order valence-electron chi connectivity index (χ2n) is 8.93. The number of aromatic amines is 1. The van der Waals surface area contributed by atoms with Crippen molar-refractivity contribution in [2.24, 2.45) is 0 Å². The van der Waals surface area contributed by atoms with Crippen LogP contribution in [0.5, 0.6) is 0 Å². The molecule has 0 unspecified atom stereocenters. The van der Waals surface area contributed by atoms with Gasteiger partial charge in [-0.25, -0.2) is 34.0 Å². The summed E-state index contributed by atoms with van der Waals surface area (Å²) in [5.74, 6) is 1.61. The van der Waals surface area contributed by atoms with E-state index in [0.29, 0.717) is 23.2 Å². The number of halogens is 1. The second kappa shape index (κ2) is 7.76. The van der Waals surface area contributed by atoms with Gasteiger partial charge in [-0.3, -0.25) is 4.79 Å². The molecule has 170 valence electrons. The Morgan fingerprint density at radius 1 is 1.06 bits per heavy atom. The maximum atomic E-state index is 13.3. The van der Waals surface area contributed by atoms with E-state index in [0.717, 1.165) is 49.5 Å². The summed E-state index contributed by atoms with van der Waals surface area (Å²) in [6, 6.07) is 1.67. The van der Waals surface area contributed by atoms with Crippen LogP contribution in [0.1, 0.15) is 85.1 Å². The first kappa shape index (κ1) is 20.5. The Labute approximate surface area is 193 Å². The first-order chi connectivity index (χ1) is 16.5. The average molecular weight is 457 g/mol. The van der Waals surface area contributed by atoms with Crippen LogP contribution in [-0.4, -0.2) is 39.7 Å². The van der Waals surface area contributed by atoms with Gasteiger partial charge in [0.2, 0.25) is 0 Å². The van der Waals surface area contributed by atoms with E-state index in [1.165, 1.54) is 0 Å². The van der Waals surface area contributed by atoms with Crippen molar-refractivity contribution in [3.63, 3.8) is 0 Å². The maximum absolute atomic E-state index is 13.3. The topological polar surface area (TPSA) is 139 Å². The van der Waals surface area contributed by atoms with E-state index in [1.54, 1.807) is 17.1 Å². The zero-order valence-corrected chi connectivity index (χ0v) is 18.3. The molecular formula is C23H20FN9O. The third-order valence-electron chi connectivity index (χ3n) is 6.77. The molecule has 4 heterocycles. The molecule has 4 aromatic heterocycles. The van der Waals surface area contributed by atoms with E-state index in [9.17, 15) is 14.4 Å². The summed E-state index contributed by atoms with van der Waals surface area (Å²) in [6.07, 6.45) is 9.65. The number of nitrogens with zero attached hydrogens (tertiary/aromatic N) is 8. The van der Waals surface area contributed by atoms with Crippen molar-refractivity contribution in [2.45, 2.75) is 56.4 Å². The Hall–Kier alpha value is -4.07. The molecule has 0 spiro atoms. The molecule has 0 bridgehead atoms. The molecule has 0 saturated heterocycles. The van der Waals surface area contributed by atoms with Crippen LogP contribution in [0.3, 0.4) is 0 Å². The van der Waals surface area contributed by atoms with Crippen LogP contribution in [0.2, 0.25) is 0 Å². The lowest BCUT2D eigenvalue weighted by molar-refractivity contribution is 0.318. The highest BCUT2D eigenvalue weighted by Gasteiger charge is 2.38. The number of fused-ring (bicyclic) bond motifs is 1. The number of aromatic nitrogens is 8. The Morgan fingerprint density at radius 3 is 2.35 bits per heavy atom. The van der Waals surface area contributed by atoms with Gasteiger partial charge < -0.3 is 4.98 Å². The third kappa shape index (κ3) is 3.34. The number of H-pyrrole nitrogens is 1. The van der Waals surface area contributed by atoms with Crippen LogP contribution in [-0.2, 0) is 0 Å².